The second-order valence-electron chi connectivity index (χ2n) is 3.37. The second-order valence-corrected chi connectivity index (χ2v) is 3.37. The van der Waals surface area contributed by atoms with Crippen LogP contribution in [0.25, 0.3) is 0 Å². The van der Waals surface area contributed by atoms with E-state index in [4.69, 9.17) is 14.7 Å². The molecule has 0 radical (unpaired) electrons. The fourth-order valence-electron chi connectivity index (χ4n) is 1.45. The minimum atomic E-state index is -0.178. The maximum absolute atomic E-state index is 10.5. The van der Waals surface area contributed by atoms with Crippen molar-refractivity contribution in [1.82, 2.24) is 0 Å². The van der Waals surface area contributed by atoms with E-state index in [1.165, 1.54) is 12.1 Å². The summed E-state index contributed by atoms with van der Waals surface area (Å²) in [4.78, 5) is 10.3. The van der Waals surface area contributed by atoms with Gasteiger partial charge in [0.2, 0.25) is 0 Å². The third kappa shape index (κ3) is 2.44. The lowest BCUT2D eigenvalue weighted by Crippen LogP contribution is -2.15. The molecule has 0 saturated carbocycles. The van der Waals surface area contributed by atoms with Gasteiger partial charge in [-0.3, -0.25) is 0 Å². The Hall–Kier alpha value is -1.62. The van der Waals surface area contributed by atoms with Gasteiger partial charge in [0.25, 0.3) is 4.92 Å². The van der Waals surface area contributed by atoms with E-state index in [-0.39, 0.29) is 16.7 Å². The predicted molar refractivity (Wildman–Crippen MR) is 51.4 cm³/mol. The van der Waals surface area contributed by atoms with Crippen molar-refractivity contribution in [2.75, 3.05) is 13.2 Å². The second kappa shape index (κ2) is 4.27. The molecular formula is C10H12NO4+. The molecule has 0 aromatic heterocycles. The summed E-state index contributed by atoms with van der Waals surface area (Å²) < 4.78 is 10.8. The highest BCUT2D eigenvalue weighted by Gasteiger charge is 2.18. The highest BCUT2D eigenvalue weighted by atomic mass is 16.6. The maximum Gasteiger partial charge on any atom is 0.316 e. The van der Waals surface area contributed by atoms with Crippen LogP contribution >= 0.6 is 0 Å². The quantitative estimate of drug-likeness (QED) is 0.771. The fourth-order valence-corrected chi connectivity index (χ4v) is 1.45. The molecule has 15 heavy (non-hydrogen) atoms. The molecule has 1 atom stereocenters. The summed E-state index contributed by atoms with van der Waals surface area (Å²) in [5, 5.41) is 8.62. The molecule has 0 bridgehead atoms. The molecule has 1 aliphatic rings. The van der Waals surface area contributed by atoms with Crippen molar-refractivity contribution in [2.24, 2.45) is 0 Å². The number of rotatable bonds is 3. The van der Waals surface area contributed by atoms with E-state index in [9.17, 15) is 4.91 Å². The van der Waals surface area contributed by atoms with E-state index in [1.54, 1.807) is 12.1 Å². The zero-order valence-corrected chi connectivity index (χ0v) is 8.13. The Kier molecular flexibility index (Phi) is 2.82. The van der Waals surface area contributed by atoms with Crippen LogP contribution in [0.2, 0.25) is 0 Å². The Morgan fingerprint density at radius 3 is 2.67 bits per heavy atom. The van der Waals surface area contributed by atoms with Gasteiger partial charge < -0.3 is 9.47 Å². The predicted octanol–water partition coefficient (Wildman–Crippen LogP) is 1.65. The van der Waals surface area contributed by atoms with Crippen LogP contribution < -0.4 is 4.74 Å². The molecule has 1 heterocycles. The van der Waals surface area contributed by atoms with Gasteiger partial charge in [-0.25, -0.2) is 5.21 Å². The Labute approximate surface area is 86.8 Å². The average Bonchev–Trinajstić information content (AvgIpc) is 2.71. The first-order valence-electron chi connectivity index (χ1n) is 4.76. The number of hydrogen-bond donors (Lipinski definition) is 1. The van der Waals surface area contributed by atoms with Gasteiger partial charge in [-0.2, -0.15) is 0 Å². The summed E-state index contributed by atoms with van der Waals surface area (Å²) in [5.41, 5.74) is 0.185. The minimum Gasteiger partial charge on any atom is -0.488 e. The molecular weight excluding hydrogens is 198 g/mol. The molecule has 1 aromatic carbocycles. The standard InChI is InChI=1S/C10H12NO4/c12-11(13)8-1-3-9(4-2-8)15-10-5-6-14-7-10/h1-4,10H,5-7H2,(H,12,13)/q+1. The minimum absolute atomic E-state index is 0.0910. The van der Waals surface area contributed by atoms with Gasteiger partial charge >= 0.3 is 5.69 Å². The smallest absolute Gasteiger partial charge is 0.316 e. The molecule has 1 saturated heterocycles. The maximum atomic E-state index is 10.5. The Bertz CT molecular complexity index is 343. The molecule has 1 aliphatic heterocycles. The first-order valence-corrected chi connectivity index (χ1v) is 4.76. The molecule has 1 unspecified atom stereocenters. The summed E-state index contributed by atoms with van der Waals surface area (Å²) in [6.45, 7) is 1.34. The van der Waals surface area contributed by atoms with Crippen LogP contribution in [0.3, 0.4) is 0 Å². The Morgan fingerprint density at radius 1 is 1.40 bits per heavy atom. The van der Waals surface area contributed by atoms with Gasteiger partial charge in [0.05, 0.1) is 18.1 Å². The molecule has 1 aromatic rings. The van der Waals surface area contributed by atoms with Crippen LogP contribution in [-0.2, 0) is 4.74 Å². The lowest BCUT2D eigenvalue weighted by molar-refractivity contribution is -0.729. The van der Waals surface area contributed by atoms with Gasteiger partial charge in [-0.1, -0.05) is 0 Å². The monoisotopic (exact) mass is 210 g/mol. The van der Waals surface area contributed by atoms with Crippen molar-refractivity contribution < 1.29 is 19.6 Å². The molecule has 5 heteroatoms. The van der Waals surface area contributed by atoms with Gasteiger partial charge in [0, 0.05) is 18.6 Å². The van der Waals surface area contributed by atoms with E-state index >= 15 is 0 Å². The summed E-state index contributed by atoms with van der Waals surface area (Å²) in [7, 11) is 0. The van der Waals surface area contributed by atoms with Crippen molar-refractivity contribution in [3.63, 3.8) is 0 Å². The van der Waals surface area contributed by atoms with Crippen LogP contribution in [0, 0.1) is 4.91 Å². The molecule has 0 amide bonds. The Morgan fingerprint density at radius 2 is 2.13 bits per heavy atom. The Balaban J connectivity index is 2.00. The third-order valence-corrected chi connectivity index (χ3v) is 2.25. The van der Waals surface area contributed by atoms with Crippen LogP contribution in [-0.4, -0.2) is 29.4 Å². The van der Waals surface area contributed by atoms with E-state index < -0.39 is 0 Å². The van der Waals surface area contributed by atoms with Crippen molar-refractivity contribution in [1.29, 1.82) is 0 Å². The summed E-state index contributed by atoms with van der Waals surface area (Å²) >= 11 is 0. The molecule has 0 spiro atoms. The molecule has 0 aliphatic carbocycles. The molecule has 2 rings (SSSR count). The van der Waals surface area contributed by atoms with Crippen molar-refractivity contribution >= 4 is 5.69 Å². The van der Waals surface area contributed by atoms with Gasteiger partial charge in [0.1, 0.15) is 11.9 Å². The van der Waals surface area contributed by atoms with Crippen molar-refractivity contribution in [2.45, 2.75) is 12.5 Å². The fraction of sp³-hybridized carbons (Fsp3) is 0.400. The van der Waals surface area contributed by atoms with Gasteiger partial charge in [-0.05, 0) is 12.1 Å². The number of hydrogen-bond acceptors (Lipinski definition) is 3. The first-order chi connectivity index (χ1) is 7.25. The summed E-state index contributed by atoms with van der Waals surface area (Å²) in [6.07, 6.45) is 0.975. The van der Waals surface area contributed by atoms with Gasteiger partial charge in [-0.15, -0.1) is 0 Å². The third-order valence-electron chi connectivity index (χ3n) is 2.25. The highest BCUT2D eigenvalue weighted by Crippen LogP contribution is 2.20. The average molecular weight is 210 g/mol. The van der Waals surface area contributed by atoms with E-state index in [0.29, 0.717) is 12.4 Å². The zero-order valence-electron chi connectivity index (χ0n) is 8.13. The SMILES string of the molecule is O=[N+](O)c1ccc(OC2CCOC2)cc1. The van der Waals surface area contributed by atoms with Crippen LogP contribution in [0.15, 0.2) is 24.3 Å². The lowest BCUT2D eigenvalue weighted by Gasteiger charge is -2.10. The first kappa shape index (κ1) is 9.92. The number of ether oxygens (including phenoxy) is 2. The molecule has 5 nitrogen and oxygen atoms in total. The number of nitrogens with zero attached hydrogens (tertiary/aromatic N) is 1. The zero-order chi connectivity index (χ0) is 10.7. The molecule has 1 N–H and O–H groups in total. The topological polar surface area (TPSA) is 58.8 Å². The van der Waals surface area contributed by atoms with Crippen molar-refractivity contribution in [3.8, 4) is 5.75 Å². The lowest BCUT2D eigenvalue weighted by atomic mass is 10.3. The normalized spacial score (nSPS) is 20.1. The van der Waals surface area contributed by atoms with E-state index in [0.717, 1.165) is 13.0 Å². The van der Waals surface area contributed by atoms with Crippen LogP contribution in [0.5, 0.6) is 5.75 Å². The molecule has 1 fully saturated rings. The number of benzene rings is 1. The summed E-state index contributed by atoms with van der Waals surface area (Å²) in [6, 6.07) is 6.29. The van der Waals surface area contributed by atoms with Crippen molar-refractivity contribution in [3.05, 3.63) is 29.2 Å². The van der Waals surface area contributed by atoms with E-state index in [1.807, 2.05) is 0 Å². The summed E-state index contributed by atoms with van der Waals surface area (Å²) in [5.74, 6) is 0.677. The molecule has 80 valence electrons. The largest absolute Gasteiger partial charge is 0.488 e. The van der Waals surface area contributed by atoms with E-state index in [2.05, 4.69) is 0 Å². The van der Waals surface area contributed by atoms with Crippen LogP contribution in [0.4, 0.5) is 5.69 Å². The van der Waals surface area contributed by atoms with Gasteiger partial charge in [0.15, 0.2) is 0 Å². The highest BCUT2D eigenvalue weighted by molar-refractivity contribution is 5.35. The van der Waals surface area contributed by atoms with Crippen LogP contribution in [0.1, 0.15) is 6.42 Å².